The van der Waals surface area contributed by atoms with E-state index in [2.05, 4.69) is 72.3 Å². The first-order valence-corrected chi connectivity index (χ1v) is 15.9. The van der Waals surface area contributed by atoms with Crippen LogP contribution >= 0.6 is 23.4 Å². The van der Waals surface area contributed by atoms with Crippen LogP contribution in [-0.4, -0.2) is 42.0 Å². The predicted molar refractivity (Wildman–Crippen MR) is 175 cm³/mol. The van der Waals surface area contributed by atoms with Crippen molar-refractivity contribution in [2.75, 3.05) is 31.1 Å². The van der Waals surface area contributed by atoms with Crippen LogP contribution in [0.5, 0.6) is 0 Å². The molecule has 4 aromatic rings. The second kappa shape index (κ2) is 12.3. The van der Waals surface area contributed by atoms with Crippen LogP contribution in [0.4, 0.5) is 10.1 Å². The normalized spacial score (nSPS) is 16.3. The van der Waals surface area contributed by atoms with Gasteiger partial charge in [0.2, 0.25) is 0 Å². The molecule has 0 N–H and O–H groups in total. The Morgan fingerprint density at radius 3 is 2.42 bits per heavy atom. The zero-order valence-corrected chi connectivity index (χ0v) is 26.3. The van der Waals surface area contributed by atoms with E-state index in [0.29, 0.717) is 17.3 Å². The molecule has 3 heterocycles. The molecule has 220 valence electrons. The molecule has 0 bridgehead atoms. The molecule has 1 amide bonds. The van der Waals surface area contributed by atoms with Gasteiger partial charge < -0.3 is 4.90 Å². The first-order chi connectivity index (χ1) is 20.7. The quantitative estimate of drug-likeness (QED) is 0.204. The van der Waals surface area contributed by atoms with Gasteiger partial charge in [0.1, 0.15) is 11.0 Å². The number of likely N-dealkylation sites (tertiary alicyclic amines) is 1. The summed E-state index contributed by atoms with van der Waals surface area (Å²) in [5.41, 5.74) is 7.17. The largest absolute Gasteiger partial charge is 0.307 e. The summed E-state index contributed by atoms with van der Waals surface area (Å²) in [5, 5.41) is 0.325. The fraction of sp³-hybridized carbons (Fsp3) is 0.278. The number of rotatable bonds is 6. The maximum absolute atomic E-state index is 13.9. The Balaban J connectivity index is 1.24. The van der Waals surface area contributed by atoms with Crippen LogP contribution in [0.2, 0.25) is 5.15 Å². The molecular formula is C36H35ClFN3OS. The highest BCUT2D eigenvalue weighted by Crippen LogP contribution is 2.49. The molecule has 0 radical (unpaired) electrons. The number of carbonyl (C=O) groups excluding carboxylic acids is 1. The van der Waals surface area contributed by atoms with Gasteiger partial charge in [-0.2, -0.15) is 0 Å². The van der Waals surface area contributed by atoms with E-state index in [4.69, 9.17) is 11.6 Å². The van der Waals surface area contributed by atoms with Crippen LogP contribution in [0.15, 0.2) is 88.7 Å². The number of aryl methyl sites for hydroxylation is 3. The second-order valence-corrected chi connectivity index (χ2v) is 13.3. The number of halogens is 2. The minimum absolute atomic E-state index is 0.0526. The highest BCUT2D eigenvalue weighted by molar-refractivity contribution is 7.99. The molecule has 2 aliphatic heterocycles. The summed E-state index contributed by atoms with van der Waals surface area (Å²) in [6, 6.07) is 23.0. The summed E-state index contributed by atoms with van der Waals surface area (Å²) in [4.78, 5) is 24.7. The van der Waals surface area contributed by atoms with Gasteiger partial charge in [-0.1, -0.05) is 53.7 Å². The molecule has 7 heteroatoms. The third-order valence-electron chi connectivity index (χ3n) is 8.77. The number of amides is 1. The number of nitrogens with zero attached hydrogens (tertiary/aromatic N) is 3. The number of hydrogen-bond donors (Lipinski definition) is 0. The lowest BCUT2D eigenvalue weighted by molar-refractivity contribution is 0.0977. The lowest BCUT2D eigenvalue weighted by atomic mass is 9.74. The summed E-state index contributed by atoms with van der Waals surface area (Å²) in [6.07, 6.45) is 6.39. The third-order valence-corrected chi connectivity index (χ3v) is 9.96. The van der Waals surface area contributed by atoms with Gasteiger partial charge in [0, 0.05) is 45.2 Å². The van der Waals surface area contributed by atoms with Gasteiger partial charge in [-0.05, 0) is 124 Å². The van der Waals surface area contributed by atoms with E-state index in [1.807, 2.05) is 17.9 Å². The molecule has 0 aliphatic carbocycles. The van der Waals surface area contributed by atoms with E-state index >= 15 is 0 Å². The molecule has 1 spiro atoms. The van der Waals surface area contributed by atoms with Crippen molar-refractivity contribution < 1.29 is 9.18 Å². The molecule has 43 heavy (non-hydrogen) atoms. The van der Waals surface area contributed by atoms with Gasteiger partial charge in [-0.25, -0.2) is 9.37 Å². The number of fused-ring (bicyclic) bond motifs is 2. The van der Waals surface area contributed by atoms with Gasteiger partial charge >= 0.3 is 0 Å². The highest BCUT2D eigenvalue weighted by atomic mass is 35.5. The monoisotopic (exact) mass is 611 g/mol. The van der Waals surface area contributed by atoms with Crippen molar-refractivity contribution in [2.45, 2.75) is 48.8 Å². The van der Waals surface area contributed by atoms with Gasteiger partial charge in [-0.15, -0.1) is 0 Å². The van der Waals surface area contributed by atoms with Crippen LogP contribution in [0.3, 0.4) is 0 Å². The van der Waals surface area contributed by atoms with Crippen molar-refractivity contribution in [3.8, 4) is 0 Å². The van der Waals surface area contributed by atoms with Crippen molar-refractivity contribution in [3.63, 3.8) is 0 Å². The number of benzene rings is 3. The zero-order chi connectivity index (χ0) is 30.1. The minimum Gasteiger partial charge on any atom is -0.307 e. The average Bonchev–Trinajstić information content (AvgIpc) is 3.29. The van der Waals surface area contributed by atoms with E-state index in [1.54, 1.807) is 30.0 Å². The van der Waals surface area contributed by atoms with Crippen molar-refractivity contribution in [3.05, 3.63) is 123 Å². The van der Waals surface area contributed by atoms with Crippen molar-refractivity contribution in [1.82, 2.24) is 9.88 Å². The Kier molecular flexibility index (Phi) is 8.45. The number of pyridine rings is 1. The van der Waals surface area contributed by atoms with Gasteiger partial charge in [0.15, 0.2) is 0 Å². The molecule has 0 saturated carbocycles. The summed E-state index contributed by atoms with van der Waals surface area (Å²) in [5.74, 6) is -0.295. The predicted octanol–water partition coefficient (Wildman–Crippen LogP) is 8.66. The molecular weight excluding hydrogens is 577 g/mol. The summed E-state index contributed by atoms with van der Waals surface area (Å²) in [6.45, 7) is 9.58. The van der Waals surface area contributed by atoms with Crippen molar-refractivity contribution >= 4 is 41.0 Å². The molecule has 2 aliphatic rings. The Hall–Kier alpha value is -3.45. The van der Waals surface area contributed by atoms with Gasteiger partial charge in [-0.3, -0.25) is 9.69 Å². The molecule has 4 nitrogen and oxygen atoms in total. The van der Waals surface area contributed by atoms with E-state index in [1.165, 1.54) is 34.4 Å². The van der Waals surface area contributed by atoms with Gasteiger partial charge in [0.05, 0.1) is 0 Å². The smallest absolute Gasteiger partial charge is 0.258 e. The lowest BCUT2D eigenvalue weighted by Crippen LogP contribution is -2.46. The SMILES string of the molecule is Cc1cc(C(=O)N2CC3(CCN(C/C=C/c4ccc(C)c(C)c4)CC3)c3cc(Sc4ccc(F)cc4)ccc32)cc(Cl)n1. The number of hydrogen-bond acceptors (Lipinski definition) is 4. The fourth-order valence-corrected chi connectivity index (χ4v) is 7.34. The summed E-state index contributed by atoms with van der Waals surface area (Å²) in [7, 11) is 0. The minimum atomic E-state index is -0.242. The van der Waals surface area contributed by atoms with Crippen LogP contribution in [-0.2, 0) is 5.41 Å². The van der Waals surface area contributed by atoms with Crippen LogP contribution in [0.1, 0.15) is 51.1 Å². The maximum Gasteiger partial charge on any atom is 0.258 e. The summed E-state index contributed by atoms with van der Waals surface area (Å²) >= 11 is 7.86. The molecule has 1 fully saturated rings. The molecule has 6 rings (SSSR count). The fourth-order valence-electron chi connectivity index (χ4n) is 6.24. The Labute approximate surface area is 262 Å². The van der Waals surface area contributed by atoms with E-state index in [9.17, 15) is 9.18 Å². The van der Waals surface area contributed by atoms with Crippen molar-refractivity contribution in [2.24, 2.45) is 0 Å². The molecule has 1 saturated heterocycles. The highest BCUT2D eigenvalue weighted by Gasteiger charge is 2.46. The first kappa shape index (κ1) is 29.6. The zero-order valence-electron chi connectivity index (χ0n) is 24.7. The Morgan fingerprint density at radius 1 is 0.953 bits per heavy atom. The number of anilines is 1. The molecule has 1 aromatic heterocycles. The van der Waals surface area contributed by atoms with Crippen LogP contribution in [0.25, 0.3) is 6.08 Å². The van der Waals surface area contributed by atoms with E-state index in [-0.39, 0.29) is 17.1 Å². The topological polar surface area (TPSA) is 36.4 Å². The molecule has 0 unspecified atom stereocenters. The maximum atomic E-state index is 13.9. The van der Waals surface area contributed by atoms with Crippen LogP contribution < -0.4 is 4.90 Å². The van der Waals surface area contributed by atoms with Crippen molar-refractivity contribution in [1.29, 1.82) is 0 Å². The Morgan fingerprint density at radius 2 is 1.70 bits per heavy atom. The van der Waals surface area contributed by atoms with Crippen LogP contribution in [0, 0.1) is 26.6 Å². The second-order valence-electron chi connectivity index (χ2n) is 11.8. The van der Waals surface area contributed by atoms with Gasteiger partial charge in [0.25, 0.3) is 5.91 Å². The number of aromatic nitrogens is 1. The molecule has 3 aromatic carbocycles. The Bertz CT molecular complexity index is 1680. The lowest BCUT2D eigenvalue weighted by Gasteiger charge is -2.39. The van der Waals surface area contributed by atoms with E-state index < -0.39 is 0 Å². The number of carbonyl (C=O) groups is 1. The summed E-state index contributed by atoms with van der Waals surface area (Å²) < 4.78 is 13.5. The third kappa shape index (κ3) is 6.42. The first-order valence-electron chi connectivity index (χ1n) is 14.7. The number of piperidine rings is 1. The van der Waals surface area contributed by atoms with E-state index in [0.717, 1.165) is 53.6 Å². The molecule has 0 atom stereocenters. The standard InChI is InChI=1S/C36H35ClFN3OS/c1-24-6-7-27(19-25(24)2)5-4-16-40-17-14-36(15-18-40)23-41(35(42)28-20-26(3)39-34(37)21-28)33-13-12-31(22-32(33)36)43-30-10-8-29(38)9-11-30/h4-13,19-22H,14-18,23H2,1-3H3/b5-4+. The average molecular weight is 612 g/mol.